The zero-order valence-electron chi connectivity index (χ0n) is 69.5. The predicted molar refractivity (Wildman–Crippen MR) is 454 cm³/mol. The molecule has 1 saturated heterocycles. The van der Waals surface area contributed by atoms with Crippen LogP contribution in [0.3, 0.4) is 0 Å². The molecule has 2 aliphatic heterocycles. The third kappa shape index (κ3) is 26.3. The molecule has 0 spiro atoms. The van der Waals surface area contributed by atoms with E-state index in [0.717, 1.165) is 72.5 Å². The van der Waals surface area contributed by atoms with Gasteiger partial charge in [-0.25, -0.2) is 15.0 Å². The van der Waals surface area contributed by atoms with E-state index < -0.39 is 47.4 Å². The van der Waals surface area contributed by atoms with Gasteiger partial charge in [0, 0.05) is 184 Å². The van der Waals surface area contributed by atoms with E-state index in [4.69, 9.17) is 49.8 Å². The van der Waals surface area contributed by atoms with Gasteiger partial charge in [-0.05, 0) is 74.9 Å². The summed E-state index contributed by atoms with van der Waals surface area (Å²) in [6, 6.07) is 17.2. The summed E-state index contributed by atoms with van der Waals surface area (Å²) in [5.74, 6) is -1.82. The Kier molecular flexibility index (Phi) is 33.6. The Labute approximate surface area is 713 Å². The number of hydrogen-bond donors (Lipinski definition) is 9. The van der Waals surface area contributed by atoms with E-state index in [1.165, 1.54) is 60.1 Å². The normalized spacial score (nSPS) is 13.3. The largest absolute Gasteiger partial charge is 0.491 e. The van der Waals surface area contributed by atoms with Gasteiger partial charge in [0.25, 0.3) is 29.5 Å². The number of nitrogens with zero attached hydrogens (tertiary/aromatic N) is 14. The van der Waals surface area contributed by atoms with E-state index in [2.05, 4.69) is 96.6 Å². The lowest BCUT2D eigenvalue weighted by Crippen LogP contribution is -2.48. The Bertz CT molecular complexity index is 5110. The fourth-order valence-electron chi connectivity index (χ4n) is 13.1. The van der Waals surface area contributed by atoms with Crippen molar-refractivity contribution in [2.75, 3.05) is 178 Å². The molecule has 9 N–H and O–H groups in total. The highest BCUT2D eigenvalue weighted by Crippen LogP contribution is 2.40. The maximum Gasteiger partial charge on any atom is 0.291 e. The van der Waals surface area contributed by atoms with Crippen LogP contribution in [0.25, 0.3) is 5.00 Å². The molecule has 9 amide bonds. The van der Waals surface area contributed by atoms with Gasteiger partial charge in [-0.15, -0.1) is 21.5 Å². The van der Waals surface area contributed by atoms with Gasteiger partial charge in [-0.3, -0.25) is 62.5 Å². The van der Waals surface area contributed by atoms with Crippen molar-refractivity contribution in [2.24, 2.45) is 40.2 Å². The number of aryl methyl sites for hydroxylation is 7. The van der Waals surface area contributed by atoms with E-state index in [9.17, 15) is 43.2 Å². The first-order chi connectivity index (χ1) is 58.9. The Balaban J connectivity index is 0.443. The van der Waals surface area contributed by atoms with Gasteiger partial charge >= 0.3 is 0 Å². The van der Waals surface area contributed by atoms with Crippen LogP contribution >= 0.6 is 22.9 Å². The number of carbonyl (C=O) groups is 9. The first-order valence-electron chi connectivity index (χ1n) is 39.9. The molecular weight excluding hydrogens is 1620 g/mol. The summed E-state index contributed by atoms with van der Waals surface area (Å²) >= 11 is 7.93. The number of thiophene rings is 1. The number of anilines is 5. The number of halogens is 1. The molecule has 122 heavy (non-hydrogen) atoms. The van der Waals surface area contributed by atoms with Crippen molar-refractivity contribution in [3.05, 3.63) is 165 Å². The Morgan fingerprint density at radius 3 is 1.50 bits per heavy atom. The number of fused-ring (bicyclic) bond motifs is 3. The molecule has 9 aromatic rings. The molecule has 0 aliphatic carbocycles. The maximum atomic E-state index is 13.6. The summed E-state index contributed by atoms with van der Waals surface area (Å²) in [7, 11) is 8.06. The van der Waals surface area contributed by atoms with Crippen molar-refractivity contribution in [1.29, 1.82) is 0 Å². The molecule has 0 saturated carbocycles. The number of rotatable bonds is 47. The third-order valence-corrected chi connectivity index (χ3v) is 21.1. The lowest BCUT2D eigenvalue weighted by Gasteiger charge is -2.34. The molecule has 11 rings (SSSR count). The maximum absolute atomic E-state index is 13.6. The number of amides is 9. The number of piperazine rings is 1. The van der Waals surface area contributed by atoms with Crippen LogP contribution in [0.4, 0.5) is 28.7 Å². The number of hydrogen-bond acceptors (Lipinski definition) is 25. The first-order valence-corrected chi connectivity index (χ1v) is 41.1. The minimum Gasteiger partial charge on any atom is -0.491 e. The molecule has 7 aromatic heterocycles. The van der Waals surface area contributed by atoms with Crippen molar-refractivity contribution >= 4 is 111 Å². The van der Waals surface area contributed by atoms with Crippen LogP contribution in [0.5, 0.6) is 5.75 Å². The van der Waals surface area contributed by atoms with E-state index >= 15 is 0 Å². The Morgan fingerprint density at radius 2 is 0.967 bits per heavy atom. The molecule has 9 heterocycles. The number of aliphatic imine (C=N–C) groups is 1. The average molecular weight is 1720 g/mol. The van der Waals surface area contributed by atoms with Gasteiger partial charge in [0.15, 0.2) is 23.3 Å². The number of benzene rings is 2. The molecule has 1 unspecified atom stereocenters. The minimum absolute atomic E-state index is 0.00465. The number of imidazole rings is 3. The van der Waals surface area contributed by atoms with Gasteiger partial charge in [-0.2, -0.15) is 0 Å². The van der Waals surface area contributed by atoms with Crippen LogP contribution in [0.2, 0.25) is 5.02 Å². The minimum atomic E-state index is -0.638. The molecule has 41 heteroatoms. The lowest BCUT2D eigenvalue weighted by atomic mass is 9.99. The van der Waals surface area contributed by atoms with Crippen LogP contribution in [0, 0.1) is 20.8 Å². The summed E-state index contributed by atoms with van der Waals surface area (Å²) in [5.41, 5.74) is 5.51. The van der Waals surface area contributed by atoms with Gasteiger partial charge in [0.1, 0.15) is 40.6 Å². The van der Waals surface area contributed by atoms with Crippen LogP contribution < -0.4 is 52.6 Å². The van der Waals surface area contributed by atoms with Crippen molar-refractivity contribution in [2.45, 2.75) is 52.5 Å². The Hall–Kier alpha value is -11.9. The number of carbonyl (C=O) groups excluding carboxylic acids is 9. The van der Waals surface area contributed by atoms with E-state index in [-0.39, 0.29) is 116 Å². The average Bonchev–Trinajstić information content (AvgIpc) is 1.59. The molecule has 0 radical (unpaired) electrons. The first kappa shape index (κ1) is 90.9. The fourth-order valence-corrected chi connectivity index (χ4v) is 14.5. The van der Waals surface area contributed by atoms with E-state index in [1.807, 2.05) is 47.9 Å². The fraction of sp³-hybridized carbons (Fsp3) is 0.444. The predicted octanol–water partition coefficient (Wildman–Crippen LogP) is 4.76. The molecule has 1 atom stereocenters. The highest BCUT2D eigenvalue weighted by atomic mass is 35.5. The lowest BCUT2D eigenvalue weighted by molar-refractivity contribution is -0.121. The van der Waals surface area contributed by atoms with Crippen LogP contribution in [0.1, 0.15) is 118 Å². The molecule has 0 bridgehead atoms. The molecule has 1 fully saturated rings. The Morgan fingerprint density at radius 1 is 0.475 bits per heavy atom. The van der Waals surface area contributed by atoms with Gasteiger partial charge in [0.05, 0.1) is 103 Å². The third-order valence-electron chi connectivity index (χ3n) is 19.6. The summed E-state index contributed by atoms with van der Waals surface area (Å²) in [4.78, 5) is 140. The zero-order valence-corrected chi connectivity index (χ0v) is 71.1. The topological polar surface area (TPSA) is 439 Å². The monoisotopic (exact) mass is 1720 g/mol. The van der Waals surface area contributed by atoms with Gasteiger partial charge in [-0.1, -0.05) is 23.7 Å². The van der Waals surface area contributed by atoms with Crippen LogP contribution in [-0.4, -0.2) is 273 Å². The summed E-state index contributed by atoms with van der Waals surface area (Å²) in [6.45, 7) is 17.5. The SMILES string of the molecule is Cc1sc2c(c1C)C(c1ccc(Cl)cc1)=NC(CC(=O)Nc1ccc(OCCOCCOCCOCCN3CCN(CCOCCOCCOCCNC(=O)CCNC(=O)c4nc(NC(=O)CCNC(=O)c5cc(NC(=O)c6nc(NC(=O)CCNC(=O)c7cc(NC(=O)c8nccn8C)cn7C)cn6C)cn5C)cn4C)CC3)cc1)c1nnc(C)n1-2. The molecule has 2 aromatic carbocycles. The quantitative estimate of drug-likeness (QED) is 0.0232. The smallest absolute Gasteiger partial charge is 0.291 e. The molecular formula is C81H104ClN23O16S. The van der Waals surface area contributed by atoms with Gasteiger partial charge < -0.3 is 104 Å². The van der Waals surface area contributed by atoms with E-state index in [0.29, 0.717) is 107 Å². The second-order valence-corrected chi connectivity index (χ2v) is 30.3. The number of ether oxygens (including phenoxy) is 7. The van der Waals surface area contributed by atoms with E-state index in [1.54, 1.807) is 75.7 Å². The number of aromatic nitrogens is 11. The van der Waals surface area contributed by atoms with Crippen LogP contribution in [0.15, 0.2) is 103 Å². The van der Waals surface area contributed by atoms with Crippen molar-refractivity contribution in [1.82, 2.24) is 83.6 Å². The standard InChI is InChI=1S/C81H104ClN23O16S/c1-52-53(2)122-81-70(52)71(55-9-11-56(82)12-10-55)91-61(72-97-96-54(3)105(72)81)47-69(109)88-57-13-15-60(16-14-57)121-44-43-120-42-41-119-40-37-117-34-31-104-28-26-103(27-29-104)30-33-116-36-39-118-38-35-115-32-24-83-66(106)17-20-87-78(112)74-94-64(50-101(74)7)92-67(107)18-21-86-77(111)63-46-59(49-100(63)6)90-80(114)75-95-65(51-102(75)8)93-68(108)19-22-85-76(110)62-45-58(48-99(62)5)89-79(113)73-84-23-25-98(73)4/h9-16,23,25,45-46,48-51,61H,17-22,24,26-44,47H2,1-8H3,(H,83,106)(H,85,110)(H,86,111)(H,87,112)(H,88,109)(H,89,113)(H,90,114)(H,92,107)(H,93,108). The van der Waals surface area contributed by atoms with Crippen LogP contribution in [-0.2, 0) is 82.8 Å². The molecule has 39 nitrogen and oxygen atoms in total. The van der Waals surface area contributed by atoms with Crippen molar-refractivity contribution in [3.63, 3.8) is 0 Å². The van der Waals surface area contributed by atoms with Gasteiger partial charge in [0.2, 0.25) is 35.3 Å². The van der Waals surface area contributed by atoms with Crippen molar-refractivity contribution in [3.8, 4) is 10.8 Å². The zero-order chi connectivity index (χ0) is 86.6. The second-order valence-electron chi connectivity index (χ2n) is 28.7. The highest BCUT2D eigenvalue weighted by molar-refractivity contribution is 7.15. The summed E-state index contributed by atoms with van der Waals surface area (Å²) in [5, 5.41) is 34.9. The van der Waals surface area contributed by atoms with Crippen molar-refractivity contribution < 1.29 is 76.3 Å². The number of nitrogens with one attached hydrogen (secondary N) is 9. The summed E-state index contributed by atoms with van der Waals surface area (Å²) < 4.78 is 49.6. The second kappa shape index (κ2) is 45.1. The molecule has 652 valence electrons. The molecule has 2 aliphatic rings. The summed E-state index contributed by atoms with van der Waals surface area (Å²) in [6.07, 6.45) is 8.91. The highest BCUT2D eigenvalue weighted by Gasteiger charge is 2.33.